The number of benzene rings is 1. The summed E-state index contributed by atoms with van der Waals surface area (Å²) in [5.74, 6) is 0.416. The maximum absolute atomic E-state index is 12.7. The maximum Gasteiger partial charge on any atom is 0.338 e. The Morgan fingerprint density at radius 1 is 1.21 bits per heavy atom. The molecule has 8 nitrogen and oxygen atoms in total. The first-order valence-corrected chi connectivity index (χ1v) is 9.40. The van der Waals surface area contributed by atoms with Gasteiger partial charge in [-0.2, -0.15) is 5.10 Å². The zero-order valence-corrected chi connectivity index (χ0v) is 16.5. The van der Waals surface area contributed by atoms with Gasteiger partial charge in [-0.3, -0.25) is 9.48 Å². The van der Waals surface area contributed by atoms with Gasteiger partial charge in [-0.05, 0) is 38.5 Å². The highest BCUT2D eigenvalue weighted by Crippen LogP contribution is 2.30. The fourth-order valence-corrected chi connectivity index (χ4v) is 3.12. The fourth-order valence-electron chi connectivity index (χ4n) is 3.12. The van der Waals surface area contributed by atoms with Crippen LogP contribution in [-0.4, -0.2) is 38.9 Å². The van der Waals surface area contributed by atoms with E-state index in [0.717, 1.165) is 12.1 Å². The number of nitrogens with one attached hydrogen (secondary N) is 1. The normalized spacial score (nSPS) is 11.0. The van der Waals surface area contributed by atoms with Crippen molar-refractivity contribution < 1.29 is 14.3 Å². The first-order valence-electron chi connectivity index (χ1n) is 9.40. The van der Waals surface area contributed by atoms with E-state index >= 15 is 0 Å². The summed E-state index contributed by atoms with van der Waals surface area (Å²) in [6.45, 7) is 6.37. The Labute approximate surface area is 162 Å². The monoisotopic (exact) mass is 384 g/mol. The Bertz CT molecular complexity index is 1070. The van der Waals surface area contributed by atoms with Crippen LogP contribution in [0.15, 0.2) is 23.0 Å². The minimum absolute atomic E-state index is 0.276. The number of hydrogen-bond acceptors (Lipinski definition) is 6. The summed E-state index contributed by atoms with van der Waals surface area (Å²) in [6.07, 6.45) is 1.60. The molecule has 0 atom stereocenters. The molecule has 0 spiro atoms. The van der Waals surface area contributed by atoms with E-state index in [-0.39, 0.29) is 12.2 Å². The van der Waals surface area contributed by atoms with Crippen molar-refractivity contribution in [3.05, 3.63) is 39.8 Å². The summed E-state index contributed by atoms with van der Waals surface area (Å²) in [5, 5.41) is 4.43. The topological polar surface area (TPSA) is 99.1 Å². The van der Waals surface area contributed by atoms with Crippen molar-refractivity contribution in [3.63, 3.8) is 0 Å². The molecule has 28 heavy (non-hydrogen) atoms. The number of aryl methyl sites for hydroxylation is 2. The van der Waals surface area contributed by atoms with Gasteiger partial charge in [0.05, 0.1) is 30.0 Å². The van der Waals surface area contributed by atoms with Crippen molar-refractivity contribution in [2.24, 2.45) is 7.05 Å². The van der Waals surface area contributed by atoms with E-state index in [9.17, 15) is 9.59 Å². The van der Waals surface area contributed by atoms with Gasteiger partial charge in [-0.15, -0.1) is 0 Å². The molecular formula is C20H24N4O4. The number of H-pyrrole nitrogens is 1. The SMILES string of the molecule is CCCc1nn(C)c2c(=O)[nH]c(-c3cc(C(=O)OCC)ccc3OCC)nc12. The average Bonchev–Trinajstić information content (AvgIpc) is 2.99. The summed E-state index contributed by atoms with van der Waals surface area (Å²) in [6, 6.07) is 4.95. The number of aromatic nitrogens is 4. The van der Waals surface area contributed by atoms with Crippen LogP contribution in [0, 0.1) is 0 Å². The van der Waals surface area contributed by atoms with Crippen LogP contribution in [0.2, 0.25) is 0 Å². The Hall–Kier alpha value is -3.16. The first-order chi connectivity index (χ1) is 13.5. The molecule has 0 saturated heterocycles. The second kappa shape index (κ2) is 8.24. The number of nitrogens with zero attached hydrogens (tertiary/aromatic N) is 3. The molecule has 3 aromatic rings. The maximum atomic E-state index is 12.7. The summed E-state index contributed by atoms with van der Waals surface area (Å²) < 4.78 is 12.3. The van der Waals surface area contributed by atoms with Gasteiger partial charge in [0.25, 0.3) is 5.56 Å². The molecule has 2 aromatic heterocycles. The predicted octanol–water partition coefficient (Wildman–Crippen LogP) is 2.85. The third kappa shape index (κ3) is 3.62. The molecule has 0 amide bonds. The molecule has 0 saturated carbocycles. The molecule has 0 bridgehead atoms. The fraction of sp³-hybridized carbons (Fsp3) is 0.400. The van der Waals surface area contributed by atoms with Crippen molar-refractivity contribution in [1.29, 1.82) is 0 Å². The number of carbonyl (C=O) groups is 1. The quantitative estimate of drug-likeness (QED) is 0.629. The van der Waals surface area contributed by atoms with E-state index in [2.05, 4.69) is 15.1 Å². The molecule has 0 radical (unpaired) electrons. The predicted molar refractivity (Wildman–Crippen MR) is 106 cm³/mol. The van der Waals surface area contributed by atoms with Crippen molar-refractivity contribution in [2.45, 2.75) is 33.6 Å². The molecule has 0 aliphatic heterocycles. The van der Waals surface area contributed by atoms with Crippen LogP contribution in [0.4, 0.5) is 0 Å². The van der Waals surface area contributed by atoms with Crippen molar-refractivity contribution >= 4 is 17.0 Å². The molecule has 0 unspecified atom stereocenters. The van der Waals surface area contributed by atoms with E-state index in [1.54, 1.807) is 36.9 Å². The lowest BCUT2D eigenvalue weighted by Crippen LogP contribution is -2.13. The number of carbonyl (C=O) groups excluding carboxylic acids is 1. The Morgan fingerprint density at radius 2 is 2.00 bits per heavy atom. The van der Waals surface area contributed by atoms with Gasteiger partial charge in [0.2, 0.25) is 0 Å². The van der Waals surface area contributed by atoms with Crippen LogP contribution < -0.4 is 10.3 Å². The molecule has 1 N–H and O–H groups in total. The third-order valence-corrected chi connectivity index (χ3v) is 4.30. The highest BCUT2D eigenvalue weighted by atomic mass is 16.5. The second-order valence-corrected chi connectivity index (χ2v) is 6.30. The zero-order chi connectivity index (χ0) is 20.3. The molecule has 148 valence electrons. The lowest BCUT2D eigenvalue weighted by Gasteiger charge is -2.11. The van der Waals surface area contributed by atoms with Crippen LogP contribution in [0.3, 0.4) is 0 Å². The minimum atomic E-state index is -0.441. The van der Waals surface area contributed by atoms with Crippen LogP contribution in [-0.2, 0) is 18.2 Å². The van der Waals surface area contributed by atoms with Crippen LogP contribution in [0.5, 0.6) is 5.75 Å². The minimum Gasteiger partial charge on any atom is -0.493 e. The summed E-state index contributed by atoms with van der Waals surface area (Å²) in [5.41, 5.74) is 2.35. The number of rotatable bonds is 7. The van der Waals surface area contributed by atoms with E-state index < -0.39 is 5.97 Å². The number of fused-ring (bicyclic) bond motifs is 1. The first kappa shape index (κ1) is 19.6. The highest BCUT2D eigenvalue weighted by molar-refractivity contribution is 5.92. The standard InChI is InChI=1S/C20H24N4O4/c1-5-8-14-16-17(24(4)23-14)19(25)22-18(21-16)13-11-12(20(26)28-7-3)9-10-15(13)27-6-2/h9-11H,5-8H2,1-4H3,(H,21,22,25). The van der Waals surface area contributed by atoms with Gasteiger partial charge in [0, 0.05) is 7.05 Å². The summed E-state index contributed by atoms with van der Waals surface area (Å²) in [7, 11) is 1.73. The highest BCUT2D eigenvalue weighted by Gasteiger charge is 2.19. The van der Waals surface area contributed by atoms with Crippen LogP contribution >= 0.6 is 0 Å². The third-order valence-electron chi connectivity index (χ3n) is 4.30. The number of hydrogen-bond donors (Lipinski definition) is 1. The van der Waals surface area contributed by atoms with E-state index in [1.165, 1.54) is 0 Å². The van der Waals surface area contributed by atoms with Crippen LogP contribution in [0.25, 0.3) is 22.4 Å². The Kier molecular flexibility index (Phi) is 5.77. The van der Waals surface area contributed by atoms with Gasteiger partial charge < -0.3 is 14.5 Å². The largest absolute Gasteiger partial charge is 0.493 e. The van der Waals surface area contributed by atoms with Crippen molar-refractivity contribution in [1.82, 2.24) is 19.7 Å². The molecule has 8 heteroatoms. The number of ether oxygens (including phenoxy) is 2. The molecular weight excluding hydrogens is 360 g/mol. The van der Waals surface area contributed by atoms with E-state index in [4.69, 9.17) is 9.47 Å². The van der Waals surface area contributed by atoms with Gasteiger partial charge in [0.15, 0.2) is 5.52 Å². The molecule has 0 fully saturated rings. The number of esters is 1. The summed E-state index contributed by atoms with van der Waals surface area (Å²) in [4.78, 5) is 32.3. The van der Waals surface area contributed by atoms with Crippen molar-refractivity contribution in [2.75, 3.05) is 13.2 Å². The van der Waals surface area contributed by atoms with Gasteiger partial charge in [-0.25, -0.2) is 9.78 Å². The lowest BCUT2D eigenvalue weighted by atomic mass is 10.1. The average molecular weight is 384 g/mol. The Balaban J connectivity index is 2.22. The van der Waals surface area contributed by atoms with Gasteiger partial charge in [-0.1, -0.05) is 13.3 Å². The molecule has 2 heterocycles. The van der Waals surface area contributed by atoms with E-state index in [0.29, 0.717) is 46.8 Å². The second-order valence-electron chi connectivity index (χ2n) is 6.30. The Morgan fingerprint density at radius 3 is 2.68 bits per heavy atom. The van der Waals surface area contributed by atoms with Gasteiger partial charge in [0.1, 0.15) is 17.1 Å². The number of aromatic amines is 1. The molecule has 3 rings (SSSR count). The summed E-state index contributed by atoms with van der Waals surface area (Å²) >= 11 is 0. The smallest absolute Gasteiger partial charge is 0.338 e. The molecule has 0 aliphatic carbocycles. The van der Waals surface area contributed by atoms with E-state index in [1.807, 2.05) is 13.8 Å². The van der Waals surface area contributed by atoms with Gasteiger partial charge >= 0.3 is 5.97 Å². The lowest BCUT2D eigenvalue weighted by molar-refractivity contribution is 0.0526. The molecule has 0 aliphatic rings. The molecule has 1 aromatic carbocycles. The van der Waals surface area contributed by atoms with Crippen molar-refractivity contribution in [3.8, 4) is 17.1 Å². The zero-order valence-electron chi connectivity index (χ0n) is 16.5. The van der Waals surface area contributed by atoms with Crippen LogP contribution in [0.1, 0.15) is 43.2 Å².